The summed E-state index contributed by atoms with van der Waals surface area (Å²) in [7, 11) is 1.91. The van der Waals surface area contributed by atoms with Gasteiger partial charge in [0.25, 0.3) is 5.91 Å². The van der Waals surface area contributed by atoms with Crippen LogP contribution in [0.5, 0.6) is 0 Å². The van der Waals surface area contributed by atoms with Crippen LogP contribution in [0.1, 0.15) is 52.8 Å². The fraction of sp³-hybridized carbons (Fsp3) is 0.478. The normalized spacial score (nSPS) is 21.5. The highest BCUT2D eigenvalue weighted by atomic mass is 16.2. The average molecular weight is 393 g/mol. The van der Waals surface area contributed by atoms with E-state index in [0.717, 1.165) is 37.1 Å². The molecule has 29 heavy (non-hydrogen) atoms. The number of nitrogens with zero attached hydrogens (tertiary/aromatic N) is 4. The van der Waals surface area contributed by atoms with Crippen molar-refractivity contribution in [3.63, 3.8) is 0 Å². The Labute approximate surface area is 172 Å². The van der Waals surface area contributed by atoms with E-state index in [1.54, 1.807) is 6.07 Å². The Morgan fingerprint density at radius 3 is 2.45 bits per heavy atom. The van der Waals surface area contributed by atoms with Gasteiger partial charge in [0.05, 0.1) is 5.92 Å². The third-order valence-corrected chi connectivity index (χ3v) is 6.38. The van der Waals surface area contributed by atoms with Crippen molar-refractivity contribution in [2.75, 3.05) is 26.7 Å². The summed E-state index contributed by atoms with van der Waals surface area (Å²) in [6.07, 6.45) is 2.67. The number of hydrogen-bond acceptors (Lipinski definition) is 4. The fourth-order valence-corrected chi connectivity index (χ4v) is 4.91. The van der Waals surface area contributed by atoms with Crippen LogP contribution in [-0.4, -0.2) is 58.3 Å². The second kappa shape index (κ2) is 7.58. The summed E-state index contributed by atoms with van der Waals surface area (Å²) in [6.45, 7) is 5.86. The number of likely N-dealkylation sites (N-methyl/N-ethyl adjacent to an activating group) is 1. The van der Waals surface area contributed by atoms with Crippen molar-refractivity contribution in [1.29, 1.82) is 0 Å². The molecular weight excluding hydrogens is 364 g/mol. The van der Waals surface area contributed by atoms with E-state index >= 15 is 0 Å². The number of hydrogen-bond donors (Lipinski definition) is 0. The van der Waals surface area contributed by atoms with Gasteiger partial charge in [-0.3, -0.25) is 9.59 Å². The van der Waals surface area contributed by atoms with Gasteiger partial charge >= 0.3 is 0 Å². The molecule has 1 aromatic heterocycles. The van der Waals surface area contributed by atoms with Crippen LogP contribution in [0.15, 0.2) is 36.4 Å². The lowest BCUT2D eigenvalue weighted by atomic mass is 9.67. The molecule has 0 radical (unpaired) electrons. The number of carbonyl (C=O) groups is 2. The molecule has 0 saturated carbocycles. The van der Waals surface area contributed by atoms with Gasteiger partial charge in [-0.1, -0.05) is 30.3 Å². The first-order valence-electron chi connectivity index (χ1n) is 10.3. The lowest BCUT2D eigenvalue weighted by Crippen LogP contribution is -2.53. The lowest BCUT2D eigenvalue weighted by molar-refractivity contribution is -0.139. The summed E-state index contributed by atoms with van der Waals surface area (Å²) >= 11 is 0. The Bertz CT molecular complexity index is 899. The number of amides is 2. The number of aryl methyl sites for hydroxylation is 2. The van der Waals surface area contributed by atoms with Gasteiger partial charge in [0.2, 0.25) is 5.91 Å². The molecule has 0 aliphatic carbocycles. The molecule has 0 N–H and O–H groups in total. The SMILES string of the molecule is Cc1cc(C(=O)N2CCC3(CC2)C[C@H](c2ccccc2)C(=O)N(C)C3)nc(C)n1. The monoisotopic (exact) mass is 392 g/mol. The number of piperidine rings is 2. The average Bonchev–Trinajstić information content (AvgIpc) is 2.71. The number of rotatable bonds is 2. The standard InChI is InChI=1S/C23H28N4O2/c1-16-13-20(25-17(2)24-16)22(29)27-11-9-23(10-12-27)14-19(21(28)26(3)15-23)18-7-5-4-6-8-18/h4-8,13,19H,9-12,14-15H2,1-3H3/t19-/m1/s1. The minimum Gasteiger partial charge on any atom is -0.345 e. The molecule has 1 aromatic carbocycles. The van der Waals surface area contributed by atoms with Crippen LogP contribution in [0.4, 0.5) is 0 Å². The highest BCUT2D eigenvalue weighted by molar-refractivity contribution is 5.92. The van der Waals surface area contributed by atoms with E-state index in [4.69, 9.17) is 0 Å². The molecule has 1 spiro atoms. The van der Waals surface area contributed by atoms with Crippen molar-refractivity contribution < 1.29 is 9.59 Å². The summed E-state index contributed by atoms with van der Waals surface area (Å²) in [5.41, 5.74) is 2.45. The van der Waals surface area contributed by atoms with Crippen molar-refractivity contribution in [2.24, 2.45) is 5.41 Å². The van der Waals surface area contributed by atoms with E-state index in [1.165, 1.54) is 0 Å². The van der Waals surface area contributed by atoms with Crippen molar-refractivity contribution in [2.45, 2.75) is 39.0 Å². The number of benzene rings is 1. The van der Waals surface area contributed by atoms with Crippen LogP contribution >= 0.6 is 0 Å². The molecule has 4 rings (SSSR count). The van der Waals surface area contributed by atoms with Gasteiger partial charge in [0, 0.05) is 32.4 Å². The van der Waals surface area contributed by atoms with Crippen LogP contribution in [0.3, 0.4) is 0 Å². The maximum atomic E-state index is 12.9. The summed E-state index contributed by atoms with van der Waals surface area (Å²) in [4.78, 5) is 38.2. The van der Waals surface area contributed by atoms with Crippen LogP contribution in [0.2, 0.25) is 0 Å². The Morgan fingerprint density at radius 2 is 1.79 bits per heavy atom. The van der Waals surface area contributed by atoms with Gasteiger partial charge in [-0.25, -0.2) is 9.97 Å². The van der Waals surface area contributed by atoms with Crippen LogP contribution in [0, 0.1) is 19.3 Å². The van der Waals surface area contributed by atoms with Crippen molar-refractivity contribution >= 4 is 11.8 Å². The van der Waals surface area contributed by atoms with Gasteiger partial charge in [-0.05, 0) is 50.2 Å². The van der Waals surface area contributed by atoms with E-state index in [1.807, 2.05) is 61.0 Å². The second-order valence-corrected chi connectivity index (χ2v) is 8.60. The molecular formula is C23H28N4O2. The zero-order valence-corrected chi connectivity index (χ0v) is 17.4. The largest absolute Gasteiger partial charge is 0.345 e. The van der Waals surface area contributed by atoms with Crippen LogP contribution in [-0.2, 0) is 4.79 Å². The lowest BCUT2D eigenvalue weighted by Gasteiger charge is -2.49. The molecule has 2 amide bonds. The van der Waals surface area contributed by atoms with E-state index < -0.39 is 0 Å². The zero-order valence-electron chi connectivity index (χ0n) is 17.4. The minimum absolute atomic E-state index is 0.0201. The molecule has 2 saturated heterocycles. The third-order valence-electron chi connectivity index (χ3n) is 6.38. The Balaban J connectivity index is 1.49. The molecule has 2 aromatic rings. The smallest absolute Gasteiger partial charge is 0.272 e. The van der Waals surface area contributed by atoms with Gasteiger partial charge in [-0.15, -0.1) is 0 Å². The van der Waals surface area contributed by atoms with Gasteiger partial charge in [0.15, 0.2) is 0 Å². The highest BCUT2D eigenvalue weighted by Crippen LogP contribution is 2.45. The number of aromatic nitrogens is 2. The predicted molar refractivity (Wildman–Crippen MR) is 111 cm³/mol. The van der Waals surface area contributed by atoms with E-state index in [2.05, 4.69) is 9.97 Å². The first-order chi connectivity index (χ1) is 13.9. The minimum atomic E-state index is -0.0932. The van der Waals surface area contributed by atoms with E-state index in [0.29, 0.717) is 24.6 Å². The van der Waals surface area contributed by atoms with Gasteiger partial charge in [0.1, 0.15) is 11.5 Å². The van der Waals surface area contributed by atoms with Gasteiger partial charge < -0.3 is 9.80 Å². The Morgan fingerprint density at radius 1 is 1.10 bits per heavy atom. The summed E-state index contributed by atoms with van der Waals surface area (Å²) < 4.78 is 0. The molecule has 2 aliphatic heterocycles. The molecule has 2 fully saturated rings. The van der Waals surface area contributed by atoms with Crippen LogP contribution in [0.25, 0.3) is 0 Å². The highest BCUT2D eigenvalue weighted by Gasteiger charge is 2.45. The Kier molecular flexibility index (Phi) is 5.11. The molecule has 2 aliphatic rings. The fourth-order valence-electron chi connectivity index (χ4n) is 4.91. The molecule has 6 nitrogen and oxygen atoms in total. The van der Waals surface area contributed by atoms with E-state index in [9.17, 15) is 9.59 Å². The number of carbonyl (C=O) groups excluding carboxylic acids is 2. The maximum Gasteiger partial charge on any atom is 0.272 e. The van der Waals surface area contributed by atoms with Crippen molar-refractivity contribution in [3.8, 4) is 0 Å². The topological polar surface area (TPSA) is 66.4 Å². The second-order valence-electron chi connectivity index (χ2n) is 8.60. The zero-order chi connectivity index (χ0) is 20.6. The molecule has 1 atom stereocenters. The van der Waals surface area contributed by atoms with E-state index in [-0.39, 0.29) is 23.1 Å². The summed E-state index contributed by atoms with van der Waals surface area (Å²) in [6, 6.07) is 11.8. The predicted octanol–water partition coefficient (Wildman–Crippen LogP) is 2.96. The molecule has 0 bridgehead atoms. The summed E-state index contributed by atoms with van der Waals surface area (Å²) in [5, 5.41) is 0. The van der Waals surface area contributed by atoms with Gasteiger partial charge in [-0.2, -0.15) is 0 Å². The molecule has 152 valence electrons. The molecule has 3 heterocycles. The molecule has 0 unspecified atom stereocenters. The maximum absolute atomic E-state index is 12.9. The van der Waals surface area contributed by atoms with Crippen molar-refractivity contribution in [3.05, 3.63) is 59.2 Å². The summed E-state index contributed by atoms with van der Waals surface area (Å²) in [5.74, 6) is 0.713. The third kappa shape index (κ3) is 3.88. The first-order valence-corrected chi connectivity index (χ1v) is 10.3. The first kappa shape index (κ1) is 19.6. The molecule has 6 heteroatoms. The Hall–Kier alpha value is -2.76. The van der Waals surface area contributed by atoms with Crippen LogP contribution < -0.4 is 0 Å². The quantitative estimate of drug-likeness (QED) is 0.788. The number of likely N-dealkylation sites (tertiary alicyclic amines) is 2. The van der Waals surface area contributed by atoms with Crippen molar-refractivity contribution in [1.82, 2.24) is 19.8 Å².